The van der Waals surface area contributed by atoms with Crippen molar-refractivity contribution in [3.63, 3.8) is 0 Å². The second-order valence-corrected chi connectivity index (χ2v) is 11.7. The van der Waals surface area contributed by atoms with Crippen LogP contribution in [0.1, 0.15) is 54.4 Å². The molecule has 43 heavy (non-hydrogen) atoms. The summed E-state index contributed by atoms with van der Waals surface area (Å²) in [5.74, 6) is 1.87. The lowest BCUT2D eigenvalue weighted by Crippen LogP contribution is -2.32. The number of nitrogens with zero attached hydrogens (tertiary/aromatic N) is 2. The Morgan fingerprint density at radius 1 is 0.977 bits per heavy atom. The van der Waals surface area contributed by atoms with Crippen molar-refractivity contribution in [1.82, 2.24) is 4.90 Å². The van der Waals surface area contributed by atoms with Crippen molar-refractivity contribution in [2.45, 2.75) is 57.6 Å². The third-order valence-electron chi connectivity index (χ3n) is 8.75. The SMILES string of the molecule is CCN(Cc1ccc(OCCN(C)CC2CCCO2)c(F)c1)c1cc(OC)c(OC)cc1C1CCc2cc(O)ccc2C1. The van der Waals surface area contributed by atoms with Gasteiger partial charge in [-0.25, -0.2) is 4.39 Å². The van der Waals surface area contributed by atoms with E-state index in [1.807, 2.05) is 31.3 Å². The van der Waals surface area contributed by atoms with Crippen molar-refractivity contribution >= 4 is 5.69 Å². The third-order valence-corrected chi connectivity index (χ3v) is 8.75. The van der Waals surface area contributed by atoms with Crippen molar-refractivity contribution in [3.05, 3.63) is 76.6 Å². The molecule has 0 spiro atoms. The Hall–Kier alpha value is -3.49. The first kappa shape index (κ1) is 31.0. The maximum absolute atomic E-state index is 15.2. The van der Waals surface area contributed by atoms with E-state index in [-0.39, 0.29) is 23.6 Å². The summed E-state index contributed by atoms with van der Waals surface area (Å²) in [5, 5.41) is 9.96. The Morgan fingerprint density at radius 3 is 2.51 bits per heavy atom. The number of phenolic OH excluding ortho intramolecular Hbond substituents is 1. The Balaban J connectivity index is 1.31. The van der Waals surface area contributed by atoms with E-state index >= 15 is 4.39 Å². The van der Waals surface area contributed by atoms with Gasteiger partial charge in [0, 0.05) is 44.5 Å². The van der Waals surface area contributed by atoms with E-state index in [0.29, 0.717) is 36.9 Å². The molecule has 1 aliphatic heterocycles. The van der Waals surface area contributed by atoms with Gasteiger partial charge in [0.05, 0.1) is 20.3 Å². The summed E-state index contributed by atoms with van der Waals surface area (Å²) < 4.78 is 38.1. The maximum Gasteiger partial charge on any atom is 0.165 e. The van der Waals surface area contributed by atoms with Gasteiger partial charge in [-0.1, -0.05) is 12.1 Å². The van der Waals surface area contributed by atoms with Crippen molar-refractivity contribution < 1.29 is 28.4 Å². The summed E-state index contributed by atoms with van der Waals surface area (Å²) in [5.41, 5.74) is 5.58. The van der Waals surface area contributed by atoms with Crippen LogP contribution in [0.15, 0.2) is 48.5 Å². The number of anilines is 1. The van der Waals surface area contributed by atoms with Crippen LogP contribution in [-0.4, -0.2) is 70.2 Å². The predicted octanol–water partition coefficient (Wildman–Crippen LogP) is 6.34. The van der Waals surface area contributed by atoms with E-state index in [0.717, 1.165) is 63.1 Å². The maximum atomic E-state index is 15.2. The molecule has 0 saturated carbocycles. The van der Waals surface area contributed by atoms with Crippen molar-refractivity contribution in [2.75, 3.05) is 59.0 Å². The van der Waals surface area contributed by atoms with Gasteiger partial charge in [-0.2, -0.15) is 0 Å². The third kappa shape index (κ3) is 7.54. The molecular formula is C35H45FN2O5. The number of halogens is 1. The molecule has 5 rings (SSSR count). The van der Waals surface area contributed by atoms with Gasteiger partial charge in [0.15, 0.2) is 23.1 Å². The summed E-state index contributed by atoms with van der Waals surface area (Å²) in [4.78, 5) is 4.44. The summed E-state index contributed by atoms with van der Waals surface area (Å²) in [7, 11) is 5.35. The number of hydrogen-bond donors (Lipinski definition) is 1. The minimum Gasteiger partial charge on any atom is -0.508 e. The number of methoxy groups -OCH3 is 2. The molecule has 0 bridgehead atoms. The highest BCUT2D eigenvalue weighted by molar-refractivity contribution is 5.64. The lowest BCUT2D eigenvalue weighted by molar-refractivity contribution is 0.0769. The second-order valence-electron chi connectivity index (χ2n) is 11.7. The number of fused-ring (bicyclic) bond motifs is 1. The molecule has 232 valence electrons. The van der Waals surface area contributed by atoms with Crippen LogP contribution < -0.4 is 19.1 Å². The zero-order chi connectivity index (χ0) is 30.3. The highest BCUT2D eigenvalue weighted by atomic mass is 19.1. The predicted molar refractivity (Wildman–Crippen MR) is 168 cm³/mol. The lowest BCUT2D eigenvalue weighted by Gasteiger charge is -2.32. The summed E-state index contributed by atoms with van der Waals surface area (Å²) in [6.07, 6.45) is 5.24. The monoisotopic (exact) mass is 592 g/mol. The van der Waals surface area contributed by atoms with Gasteiger partial charge >= 0.3 is 0 Å². The number of benzene rings is 3. The Labute approximate surface area is 255 Å². The first-order valence-corrected chi connectivity index (χ1v) is 15.4. The molecule has 7 nitrogen and oxygen atoms in total. The van der Waals surface area contributed by atoms with Gasteiger partial charge in [0.2, 0.25) is 0 Å². The number of aryl methyl sites for hydroxylation is 1. The fraction of sp³-hybridized carbons (Fsp3) is 0.486. The van der Waals surface area contributed by atoms with Gasteiger partial charge in [0.1, 0.15) is 12.4 Å². The summed E-state index contributed by atoms with van der Waals surface area (Å²) in [6, 6.07) is 15.1. The molecule has 0 aromatic heterocycles. The molecule has 1 N–H and O–H groups in total. The van der Waals surface area contributed by atoms with Crippen molar-refractivity contribution in [2.24, 2.45) is 0 Å². The first-order valence-electron chi connectivity index (χ1n) is 15.4. The number of ether oxygens (including phenoxy) is 4. The summed E-state index contributed by atoms with van der Waals surface area (Å²) in [6.45, 7) is 6.22. The van der Waals surface area contributed by atoms with Gasteiger partial charge in [0.25, 0.3) is 0 Å². The average Bonchev–Trinajstić information content (AvgIpc) is 3.53. The van der Waals surface area contributed by atoms with Crippen LogP contribution in [0.25, 0.3) is 0 Å². The topological polar surface area (TPSA) is 63.6 Å². The zero-order valence-electron chi connectivity index (χ0n) is 25.9. The van der Waals surface area contributed by atoms with Gasteiger partial charge < -0.3 is 33.9 Å². The van der Waals surface area contributed by atoms with Crippen LogP contribution in [0.3, 0.4) is 0 Å². The number of hydrogen-bond acceptors (Lipinski definition) is 7. The van der Waals surface area contributed by atoms with Gasteiger partial charge in [-0.05, 0) is 105 Å². The average molecular weight is 593 g/mol. The van der Waals surface area contributed by atoms with Crippen LogP contribution in [-0.2, 0) is 24.1 Å². The van der Waals surface area contributed by atoms with Crippen LogP contribution >= 0.6 is 0 Å². The Kier molecular flexibility index (Phi) is 10.3. The van der Waals surface area contributed by atoms with Gasteiger partial charge in [-0.15, -0.1) is 0 Å². The Morgan fingerprint density at radius 2 is 1.79 bits per heavy atom. The number of phenols is 1. The fourth-order valence-electron chi connectivity index (χ4n) is 6.38. The van der Waals surface area contributed by atoms with Crippen molar-refractivity contribution in [3.8, 4) is 23.0 Å². The molecule has 2 aliphatic rings. The number of aromatic hydroxyl groups is 1. The molecule has 2 atom stereocenters. The molecule has 1 heterocycles. The molecule has 2 unspecified atom stereocenters. The quantitative estimate of drug-likeness (QED) is 0.249. The zero-order valence-corrected chi connectivity index (χ0v) is 25.9. The van der Waals surface area contributed by atoms with E-state index in [1.54, 1.807) is 32.4 Å². The van der Waals surface area contributed by atoms with Crippen LogP contribution in [0, 0.1) is 5.82 Å². The van der Waals surface area contributed by atoms with E-state index in [9.17, 15) is 5.11 Å². The molecule has 3 aromatic carbocycles. The molecule has 1 aliphatic carbocycles. The molecule has 1 saturated heterocycles. The molecule has 1 fully saturated rings. The van der Waals surface area contributed by atoms with Crippen LogP contribution in [0.5, 0.6) is 23.0 Å². The smallest absolute Gasteiger partial charge is 0.165 e. The van der Waals surface area contributed by atoms with E-state index < -0.39 is 0 Å². The molecule has 3 aromatic rings. The highest BCUT2D eigenvalue weighted by Crippen LogP contribution is 2.43. The minimum atomic E-state index is -0.352. The second kappa shape index (κ2) is 14.3. The first-order chi connectivity index (χ1) is 20.9. The van der Waals surface area contributed by atoms with E-state index in [4.69, 9.17) is 18.9 Å². The van der Waals surface area contributed by atoms with Crippen molar-refractivity contribution in [1.29, 1.82) is 0 Å². The largest absolute Gasteiger partial charge is 0.508 e. The molecular weight excluding hydrogens is 547 g/mol. The minimum absolute atomic E-state index is 0.270. The Bertz CT molecular complexity index is 1380. The standard InChI is InChI=1S/C35H45FN2O5/c1-5-38(22-24-8-13-33(31(36)17-24)43-16-14-37(2)23-29-7-6-15-42-29)32-21-35(41-4)34(40-3)20-30(32)27-10-9-26-19-28(39)12-11-25(26)18-27/h8,11-13,17,19-21,27,29,39H,5-7,9-10,14-16,18,22-23H2,1-4H3. The lowest BCUT2D eigenvalue weighted by atomic mass is 9.79. The van der Waals surface area contributed by atoms with E-state index in [1.165, 1.54) is 16.7 Å². The highest BCUT2D eigenvalue weighted by Gasteiger charge is 2.26. The number of likely N-dealkylation sites (N-methyl/N-ethyl adjacent to an activating group) is 1. The fourth-order valence-corrected chi connectivity index (χ4v) is 6.38. The molecule has 0 amide bonds. The van der Waals surface area contributed by atoms with E-state index in [2.05, 4.69) is 22.8 Å². The normalized spacial score (nSPS) is 18.0. The summed E-state index contributed by atoms with van der Waals surface area (Å²) >= 11 is 0. The number of rotatable bonds is 13. The van der Waals surface area contributed by atoms with Gasteiger partial charge in [-0.3, -0.25) is 0 Å². The van der Waals surface area contributed by atoms with Crippen LogP contribution in [0.2, 0.25) is 0 Å². The van der Waals surface area contributed by atoms with Crippen LogP contribution in [0.4, 0.5) is 10.1 Å². The molecule has 8 heteroatoms. The molecule has 0 radical (unpaired) electrons.